The van der Waals surface area contributed by atoms with Gasteiger partial charge in [0, 0.05) is 25.4 Å². The zero-order chi connectivity index (χ0) is 17.9. The smallest absolute Gasteiger partial charge is 0.410 e. The molecule has 1 saturated carbocycles. The van der Waals surface area contributed by atoms with E-state index in [4.69, 9.17) is 10.5 Å². The fraction of sp³-hybridized carbons (Fsp3) is 0.550. The minimum Gasteiger partial charge on any atom is -0.444 e. The van der Waals surface area contributed by atoms with Gasteiger partial charge in [-0.1, -0.05) is 35.9 Å². The second-order valence-corrected chi connectivity index (χ2v) is 7.51. The van der Waals surface area contributed by atoms with E-state index < -0.39 is 5.60 Å². The van der Waals surface area contributed by atoms with E-state index in [1.807, 2.05) is 20.8 Å². The van der Waals surface area contributed by atoms with Crippen LogP contribution in [-0.2, 0) is 11.2 Å². The first-order valence-electron chi connectivity index (χ1n) is 8.66. The van der Waals surface area contributed by atoms with Gasteiger partial charge in [-0.2, -0.15) is 0 Å². The first-order valence-corrected chi connectivity index (χ1v) is 8.66. The summed E-state index contributed by atoms with van der Waals surface area (Å²) in [6.45, 7) is 9.09. The van der Waals surface area contributed by atoms with E-state index in [-0.39, 0.29) is 6.09 Å². The highest BCUT2D eigenvalue weighted by atomic mass is 16.6. The van der Waals surface area contributed by atoms with Gasteiger partial charge in [0.05, 0.1) is 0 Å². The van der Waals surface area contributed by atoms with Crippen molar-refractivity contribution in [1.82, 2.24) is 4.90 Å². The van der Waals surface area contributed by atoms with Gasteiger partial charge in [-0.25, -0.2) is 4.79 Å². The molecule has 24 heavy (non-hydrogen) atoms. The molecule has 0 radical (unpaired) electrons. The Morgan fingerprint density at radius 1 is 1.29 bits per heavy atom. The quantitative estimate of drug-likeness (QED) is 0.837. The number of allylic oxidation sites excluding steroid dienone is 1. The lowest BCUT2D eigenvalue weighted by Crippen LogP contribution is -2.35. The van der Waals surface area contributed by atoms with Crippen molar-refractivity contribution in [3.05, 3.63) is 47.0 Å². The number of ether oxygens (including phenoxy) is 1. The average molecular weight is 330 g/mol. The number of nitrogens with two attached hydrogens (primary N) is 1. The molecule has 0 spiro atoms. The Labute approximate surface area is 145 Å². The molecule has 1 aromatic rings. The SMILES string of the molecule is C/C=C1\C(CN(C)C(=O)OC(C)(C)C)C1c1ccc(CCN)cc1. The molecule has 2 unspecified atom stereocenters. The highest BCUT2D eigenvalue weighted by Gasteiger charge is 2.45. The number of nitrogens with zero attached hydrogens (tertiary/aromatic N) is 1. The molecule has 2 atom stereocenters. The van der Waals surface area contributed by atoms with Gasteiger partial charge in [0.15, 0.2) is 0 Å². The van der Waals surface area contributed by atoms with Gasteiger partial charge in [-0.15, -0.1) is 0 Å². The number of hydrogen-bond acceptors (Lipinski definition) is 3. The van der Waals surface area contributed by atoms with Crippen LogP contribution in [0.3, 0.4) is 0 Å². The highest BCUT2D eigenvalue weighted by molar-refractivity contribution is 5.68. The Balaban J connectivity index is 2.00. The molecule has 0 bridgehead atoms. The Hall–Kier alpha value is -1.81. The summed E-state index contributed by atoms with van der Waals surface area (Å²) in [6.07, 6.45) is 2.82. The number of carbonyl (C=O) groups excluding carboxylic acids is 1. The van der Waals surface area contributed by atoms with Gasteiger partial charge in [0.1, 0.15) is 5.60 Å². The lowest BCUT2D eigenvalue weighted by atomic mass is 10.0. The Bertz CT molecular complexity index is 599. The summed E-state index contributed by atoms with van der Waals surface area (Å²) < 4.78 is 5.44. The third-order valence-electron chi connectivity index (χ3n) is 4.36. The van der Waals surface area contributed by atoms with Gasteiger partial charge in [0.2, 0.25) is 0 Å². The number of carbonyl (C=O) groups is 1. The molecule has 4 nitrogen and oxygen atoms in total. The lowest BCUT2D eigenvalue weighted by Gasteiger charge is -2.24. The number of benzene rings is 1. The molecule has 132 valence electrons. The van der Waals surface area contributed by atoms with E-state index in [0.29, 0.717) is 24.9 Å². The molecule has 1 amide bonds. The van der Waals surface area contributed by atoms with E-state index in [2.05, 4.69) is 37.3 Å². The van der Waals surface area contributed by atoms with Crippen LogP contribution in [0.1, 0.15) is 44.7 Å². The maximum atomic E-state index is 12.1. The molecule has 2 rings (SSSR count). The zero-order valence-corrected chi connectivity index (χ0v) is 15.5. The van der Waals surface area contributed by atoms with Crippen LogP contribution in [0, 0.1) is 5.92 Å². The lowest BCUT2D eigenvalue weighted by molar-refractivity contribution is 0.0292. The summed E-state index contributed by atoms with van der Waals surface area (Å²) >= 11 is 0. The predicted octanol–water partition coefficient (Wildman–Crippen LogP) is 3.71. The van der Waals surface area contributed by atoms with E-state index in [9.17, 15) is 4.79 Å². The molecule has 0 aromatic heterocycles. The summed E-state index contributed by atoms with van der Waals surface area (Å²) in [7, 11) is 1.81. The Morgan fingerprint density at radius 3 is 2.42 bits per heavy atom. The molecule has 1 aliphatic carbocycles. The minimum absolute atomic E-state index is 0.262. The molecule has 0 heterocycles. The molecule has 2 N–H and O–H groups in total. The molecule has 1 fully saturated rings. The highest BCUT2D eigenvalue weighted by Crippen LogP contribution is 2.53. The van der Waals surface area contributed by atoms with Crippen LogP contribution in [-0.4, -0.2) is 36.7 Å². The summed E-state index contributed by atoms with van der Waals surface area (Å²) in [5, 5.41) is 0. The van der Waals surface area contributed by atoms with Crippen LogP contribution in [0.15, 0.2) is 35.9 Å². The normalized spacial score (nSPS) is 21.7. The third kappa shape index (κ3) is 4.60. The van der Waals surface area contributed by atoms with E-state index >= 15 is 0 Å². The molecule has 0 saturated heterocycles. The van der Waals surface area contributed by atoms with Crippen molar-refractivity contribution in [3.8, 4) is 0 Å². The summed E-state index contributed by atoms with van der Waals surface area (Å²) in [5.74, 6) is 0.791. The van der Waals surface area contributed by atoms with Gasteiger partial charge in [0.25, 0.3) is 0 Å². The first kappa shape index (κ1) is 18.5. The fourth-order valence-electron chi connectivity index (χ4n) is 3.14. The fourth-order valence-corrected chi connectivity index (χ4v) is 3.14. The molecular formula is C20H30N2O2. The summed E-state index contributed by atoms with van der Waals surface area (Å²) in [6, 6.07) is 8.68. The molecular weight excluding hydrogens is 300 g/mol. The Morgan fingerprint density at radius 2 is 1.92 bits per heavy atom. The van der Waals surface area contributed by atoms with Gasteiger partial charge in [-0.05, 0) is 51.8 Å². The molecule has 4 heteroatoms. The van der Waals surface area contributed by atoms with Gasteiger partial charge < -0.3 is 15.4 Å². The standard InChI is InChI=1S/C20H30N2O2/c1-6-16-17(13-22(5)19(23)24-20(2,3)4)18(16)15-9-7-14(8-10-15)11-12-21/h6-10,17-18H,11-13,21H2,1-5H3/b16-6+. The van der Waals surface area contributed by atoms with Gasteiger partial charge >= 0.3 is 6.09 Å². The van der Waals surface area contributed by atoms with Crippen LogP contribution >= 0.6 is 0 Å². The topological polar surface area (TPSA) is 55.6 Å². The summed E-state index contributed by atoms with van der Waals surface area (Å²) in [4.78, 5) is 13.8. The first-order chi connectivity index (χ1) is 11.3. The van der Waals surface area contributed by atoms with Crippen molar-refractivity contribution in [2.45, 2.75) is 45.6 Å². The number of hydrogen-bond donors (Lipinski definition) is 1. The summed E-state index contributed by atoms with van der Waals surface area (Å²) in [5.41, 5.74) is 9.12. The second-order valence-electron chi connectivity index (χ2n) is 7.51. The van der Waals surface area contributed by atoms with Crippen LogP contribution < -0.4 is 5.73 Å². The minimum atomic E-state index is -0.462. The van der Waals surface area contributed by atoms with E-state index in [1.165, 1.54) is 16.7 Å². The monoisotopic (exact) mass is 330 g/mol. The van der Waals surface area contributed by atoms with Crippen molar-refractivity contribution >= 4 is 6.09 Å². The van der Waals surface area contributed by atoms with Crippen LogP contribution in [0.2, 0.25) is 0 Å². The van der Waals surface area contributed by atoms with Crippen LogP contribution in [0.25, 0.3) is 0 Å². The predicted molar refractivity (Wildman–Crippen MR) is 98.1 cm³/mol. The average Bonchev–Trinajstić information content (AvgIpc) is 3.19. The second kappa shape index (κ2) is 7.39. The van der Waals surface area contributed by atoms with Crippen LogP contribution in [0.4, 0.5) is 4.79 Å². The number of rotatable bonds is 5. The van der Waals surface area contributed by atoms with Crippen molar-refractivity contribution in [1.29, 1.82) is 0 Å². The maximum absolute atomic E-state index is 12.1. The van der Waals surface area contributed by atoms with Crippen molar-refractivity contribution in [2.75, 3.05) is 20.1 Å². The van der Waals surface area contributed by atoms with Crippen molar-refractivity contribution in [3.63, 3.8) is 0 Å². The van der Waals surface area contributed by atoms with Crippen molar-refractivity contribution < 1.29 is 9.53 Å². The Kier molecular flexibility index (Phi) is 5.70. The van der Waals surface area contributed by atoms with Crippen molar-refractivity contribution in [2.24, 2.45) is 11.7 Å². The molecule has 1 aliphatic rings. The van der Waals surface area contributed by atoms with E-state index in [1.54, 1.807) is 11.9 Å². The number of amides is 1. The van der Waals surface area contributed by atoms with Crippen LogP contribution in [0.5, 0.6) is 0 Å². The largest absolute Gasteiger partial charge is 0.444 e. The molecule has 1 aromatic carbocycles. The maximum Gasteiger partial charge on any atom is 0.410 e. The molecule has 0 aliphatic heterocycles. The third-order valence-corrected chi connectivity index (χ3v) is 4.36. The zero-order valence-electron chi connectivity index (χ0n) is 15.5. The van der Waals surface area contributed by atoms with Gasteiger partial charge in [-0.3, -0.25) is 0 Å². The van der Waals surface area contributed by atoms with E-state index in [0.717, 1.165) is 6.42 Å².